The van der Waals surface area contributed by atoms with E-state index >= 15 is 0 Å². The third-order valence-electron chi connectivity index (χ3n) is 6.27. The lowest BCUT2D eigenvalue weighted by Gasteiger charge is -2.33. The monoisotopic (exact) mass is 439 g/mol. The number of imidazole rings is 1. The van der Waals surface area contributed by atoms with Crippen molar-refractivity contribution >= 4 is 5.91 Å². The number of amides is 1. The van der Waals surface area contributed by atoms with Gasteiger partial charge >= 0.3 is 0 Å². The first-order valence-electron chi connectivity index (χ1n) is 11.1. The number of hydrogen-bond donors (Lipinski definition) is 1. The van der Waals surface area contributed by atoms with E-state index in [9.17, 15) is 10.1 Å². The van der Waals surface area contributed by atoms with Gasteiger partial charge in [-0.05, 0) is 42.2 Å². The van der Waals surface area contributed by atoms with Crippen molar-refractivity contribution in [2.45, 2.75) is 25.4 Å². The zero-order valence-corrected chi connectivity index (χ0v) is 18.2. The average molecular weight is 440 g/mol. The van der Waals surface area contributed by atoms with Crippen molar-refractivity contribution in [1.82, 2.24) is 19.8 Å². The number of benzene rings is 1. The molecule has 0 saturated carbocycles. The Morgan fingerprint density at radius 3 is 2.85 bits per heavy atom. The minimum atomic E-state index is -0.192. The molecule has 0 saturated heterocycles. The van der Waals surface area contributed by atoms with Crippen LogP contribution in [0.3, 0.4) is 0 Å². The molecule has 7 heteroatoms. The van der Waals surface area contributed by atoms with Gasteiger partial charge in [0.25, 0.3) is 5.91 Å². The van der Waals surface area contributed by atoms with Crippen LogP contribution in [0.4, 0.5) is 0 Å². The number of nitrogens with one attached hydrogen (secondary N) is 1. The molecule has 1 amide bonds. The normalized spacial score (nSPS) is 20.3. The molecule has 3 aromatic rings. The summed E-state index contributed by atoms with van der Waals surface area (Å²) < 4.78 is 5.48. The van der Waals surface area contributed by atoms with Gasteiger partial charge in [-0.3, -0.25) is 4.79 Å². The third-order valence-corrected chi connectivity index (χ3v) is 6.27. The van der Waals surface area contributed by atoms with E-state index in [0.29, 0.717) is 31.8 Å². The molecule has 5 rings (SSSR count). The number of carbonyl (C=O) groups is 1. The van der Waals surface area contributed by atoms with E-state index in [2.05, 4.69) is 33.1 Å². The maximum Gasteiger partial charge on any atom is 0.290 e. The molecule has 166 valence electrons. The van der Waals surface area contributed by atoms with Crippen molar-refractivity contribution in [1.29, 1.82) is 5.26 Å². The molecule has 1 aliphatic carbocycles. The lowest BCUT2D eigenvalue weighted by molar-refractivity contribution is 0.0645. The Morgan fingerprint density at radius 1 is 1.24 bits per heavy atom. The van der Waals surface area contributed by atoms with Crippen LogP contribution in [-0.4, -0.2) is 44.8 Å². The number of nitrogens with zero attached hydrogens (tertiary/aromatic N) is 4. The van der Waals surface area contributed by atoms with Gasteiger partial charge < -0.3 is 19.2 Å². The van der Waals surface area contributed by atoms with Gasteiger partial charge in [0.2, 0.25) is 0 Å². The van der Waals surface area contributed by atoms with Crippen molar-refractivity contribution in [3.05, 3.63) is 102 Å². The van der Waals surface area contributed by atoms with Gasteiger partial charge in [0.05, 0.1) is 42.9 Å². The highest BCUT2D eigenvalue weighted by Gasteiger charge is 2.35. The molecule has 1 aromatic carbocycles. The molecule has 2 aromatic heterocycles. The van der Waals surface area contributed by atoms with Crippen LogP contribution < -0.4 is 0 Å². The van der Waals surface area contributed by atoms with E-state index in [0.717, 1.165) is 23.4 Å². The van der Waals surface area contributed by atoms with Crippen molar-refractivity contribution in [2.75, 3.05) is 13.1 Å². The Balaban J connectivity index is 1.53. The van der Waals surface area contributed by atoms with Crippen LogP contribution in [0.1, 0.15) is 28.2 Å². The Bertz CT molecular complexity index is 1190. The van der Waals surface area contributed by atoms with Gasteiger partial charge in [-0.25, -0.2) is 4.98 Å². The maximum atomic E-state index is 13.6. The van der Waals surface area contributed by atoms with Crippen LogP contribution in [0.15, 0.2) is 89.1 Å². The van der Waals surface area contributed by atoms with Crippen molar-refractivity contribution < 1.29 is 9.21 Å². The molecule has 0 radical (unpaired) electrons. The van der Waals surface area contributed by atoms with E-state index in [1.165, 1.54) is 11.8 Å². The summed E-state index contributed by atoms with van der Waals surface area (Å²) in [6, 6.07) is 16.0. The highest BCUT2D eigenvalue weighted by molar-refractivity contribution is 5.92. The van der Waals surface area contributed by atoms with Crippen LogP contribution in [0.2, 0.25) is 0 Å². The molecule has 0 bridgehead atoms. The fraction of sp³-hybridized carbons (Fsp3) is 0.269. The SMILES string of the molecule is N#CC1C=CC2=C(C1)CN(C(=O)c1ccco1)C(Cc1ccccc1)CN2Cc1c[nH]cn1. The molecule has 1 N–H and O–H groups in total. The number of furan rings is 1. The van der Waals surface area contributed by atoms with E-state index in [1.807, 2.05) is 41.4 Å². The van der Waals surface area contributed by atoms with Crippen LogP contribution in [0.5, 0.6) is 0 Å². The average Bonchev–Trinajstić information content (AvgIpc) is 3.54. The van der Waals surface area contributed by atoms with Gasteiger partial charge in [0.15, 0.2) is 5.76 Å². The topological polar surface area (TPSA) is 89.2 Å². The summed E-state index contributed by atoms with van der Waals surface area (Å²) in [4.78, 5) is 25.2. The van der Waals surface area contributed by atoms with E-state index < -0.39 is 0 Å². The zero-order valence-electron chi connectivity index (χ0n) is 18.2. The van der Waals surface area contributed by atoms with Gasteiger partial charge in [-0.15, -0.1) is 0 Å². The van der Waals surface area contributed by atoms with Crippen LogP contribution in [0, 0.1) is 17.2 Å². The summed E-state index contributed by atoms with van der Waals surface area (Å²) in [5, 5.41) is 9.55. The number of aromatic amines is 1. The Labute approximate surface area is 192 Å². The summed E-state index contributed by atoms with van der Waals surface area (Å²) in [7, 11) is 0. The van der Waals surface area contributed by atoms with Crippen molar-refractivity contribution in [3.63, 3.8) is 0 Å². The summed E-state index contributed by atoms with van der Waals surface area (Å²) in [6.07, 6.45) is 10.4. The molecule has 2 aliphatic rings. The van der Waals surface area contributed by atoms with Crippen molar-refractivity contribution in [2.24, 2.45) is 5.92 Å². The molecule has 0 spiro atoms. The lowest BCUT2D eigenvalue weighted by Crippen LogP contribution is -2.46. The second-order valence-corrected chi connectivity index (χ2v) is 8.48. The minimum absolute atomic E-state index is 0.0801. The first-order chi connectivity index (χ1) is 16.2. The van der Waals surface area contributed by atoms with Crippen LogP contribution in [0.25, 0.3) is 0 Å². The fourth-order valence-corrected chi connectivity index (χ4v) is 4.68. The molecule has 2 unspecified atom stereocenters. The Morgan fingerprint density at radius 2 is 2.12 bits per heavy atom. The molecular weight excluding hydrogens is 414 g/mol. The highest BCUT2D eigenvalue weighted by atomic mass is 16.3. The fourth-order valence-electron chi connectivity index (χ4n) is 4.68. The number of hydrogen-bond acceptors (Lipinski definition) is 5. The van der Waals surface area contributed by atoms with E-state index in [-0.39, 0.29) is 17.9 Å². The number of carbonyl (C=O) groups excluding carboxylic acids is 1. The number of aromatic nitrogens is 2. The zero-order chi connectivity index (χ0) is 22.6. The molecule has 33 heavy (non-hydrogen) atoms. The van der Waals surface area contributed by atoms with Gasteiger partial charge in [0.1, 0.15) is 0 Å². The summed E-state index contributed by atoms with van der Waals surface area (Å²) in [5.41, 5.74) is 4.28. The Kier molecular flexibility index (Phi) is 5.81. The van der Waals surface area contributed by atoms with E-state index in [1.54, 1.807) is 18.5 Å². The summed E-state index contributed by atoms with van der Waals surface area (Å²) in [5.74, 6) is 0.0128. The molecule has 2 atom stereocenters. The Hall–Kier alpha value is -4.05. The van der Waals surface area contributed by atoms with Crippen LogP contribution in [-0.2, 0) is 13.0 Å². The quantitative estimate of drug-likeness (QED) is 0.651. The third kappa shape index (κ3) is 4.46. The second kappa shape index (κ2) is 9.21. The lowest BCUT2D eigenvalue weighted by atomic mass is 9.92. The smallest absolute Gasteiger partial charge is 0.290 e. The number of H-pyrrole nitrogens is 1. The van der Waals surface area contributed by atoms with E-state index in [4.69, 9.17) is 4.42 Å². The minimum Gasteiger partial charge on any atom is -0.459 e. The molecular formula is C26H25N5O2. The predicted octanol–water partition coefficient (Wildman–Crippen LogP) is 3.93. The largest absolute Gasteiger partial charge is 0.459 e. The van der Waals surface area contributed by atoms with Gasteiger partial charge in [0, 0.05) is 25.0 Å². The first kappa shape index (κ1) is 20.8. The summed E-state index contributed by atoms with van der Waals surface area (Å²) >= 11 is 0. The molecule has 7 nitrogen and oxygen atoms in total. The number of allylic oxidation sites excluding steroid dienone is 2. The second-order valence-electron chi connectivity index (χ2n) is 8.48. The molecule has 1 aliphatic heterocycles. The maximum absolute atomic E-state index is 13.6. The predicted molar refractivity (Wildman–Crippen MR) is 123 cm³/mol. The molecule has 3 heterocycles. The van der Waals surface area contributed by atoms with Gasteiger partial charge in [-0.2, -0.15) is 5.26 Å². The first-order valence-corrected chi connectivity index (χ1v) is 11.1. The summed E-state index contributed by atoms with van der Waals surface area (Å²) in [6.45, 7) is 1.73. The standard InChI is InChI=1S/C26H25N5O2/c27-13-20-8-9-24-21(11-20)15-31(26(32)25-7-4-10-33-25)23(12-19-5-2-1-3-6-19)17-30(24)16-22-14-28-18-29-22/h1-10,14,18,20,23H,11-12,15-17H2,(H,28,29). The number of rotatable bonds is 5. The highest BCUT2D eigenvalue weighted by Crippen LogP contribution is 2.32. The number of nitriles is 1. The van der Waals surface area contributed by atoms with Crippen LogP contribution >= 0.6 is 0 Å². The molecule has 0 fully saturated rings. The van der Waals surface area contributed by atoms with Crippen molar-refractivity contribution in [3.8, 4) is 6.07 Å². The van der Waals surface area contributed by atoms with Gasteiger partial charge in [-0.1, -0.05) is 36.4 Å².